The van der Waals surface area contributed by atoms with Gasteiger partial charge in [0.15, 0.2) is 0 Å². The summed E-state index contributed by atoms with van der Waals surface area (Å²) >= 11 is 0. The first-order valence-electron chi connectivity index (χ1n) is 6.91. The lowest BCUT2D eigenvalue weighted by Crippen LogP contribution is -2.45. The number of alkyl halides is 2. The number of ether oxygens (including phenoxy) is 1. The summed E-state index contributed by atoms with van der Waals surface area (Å²) in [5, 5.41) is 2.54. The minimum Gasteiger partial charge on any atom is -0.458 e. The summed E-state index contributed by atoms with van der Waals surface area (Å²) in [5.74, 6) is -3.97. The summed E-state index contributed by atoms with van der Waals surface area (Å²) in [4.78, 5) is 23.6. The highest BCUT2D eigenvalue weighted by Gasteiger charge is 2.38. The molecule has 4 nitrogen and oxygen atoms in total. The number of amides is 1. The van der Waals surface area contributed by atoms with E-state index in [1.807, 2.05) is 0 Å². The van der Waals surface area contributed by atoms with Crippen LogP contribution in [0.4, 0.5) is 8.78 Å². The van der Waals surface area contributed by atoms with E-state index >= 15 is 0 Å². The minimum atomic E-state index is -2.66. The zero-order chi connectivity index (χ0) is 15.6. The van der Waals surface area contributed by atoms with Crippen molar-refractivity contribution in [3.8, 4) is 0 Å². The molecule has 1 N–H and O–H groups in total. The largest absolute Gasteiger partial charge is 0.458 e. The van der Waals surface area contributed by atoms with Crippen molar-refractivity contribution < 1.29 is 23.1 Å². The molecular formula is C14H23F2NO3. The van der Waals surface area contributed by atoms with Crippen LogP contribution in [-0.2, 0) is 14.3 Å². The molecule has 1 atom stereocenters. The molecule has 0 aliphatic heterocycles. The number of carbonyl (C=O) groups is 2. The Balaban J connectivity index is 2.44. The monoisotopic (exact) mass is 291 g/mol. The summed E-state index contributed by atoms with van der Waals surface area (Å²) in [6.07, 6.45) is -0.239. The van der Waals surface area contributed by atoms with E-state index in [2.05, 4.69) is 5.32 Å². The fourth-order valence-electron chi connectivity index (χ4n) is 2.08. The predicted octanol–water partition coefficient (Wildman–Crippen LogP) is 2.66. The molecular weight excluding hydrogens is 268 g/mol. The van der Waals surface area contributed by atoms with Crippen molar-refractivity contribution in [2.24, 2.45) is 5.92 Å². The van der Waals surface area contributed by atoms with Gasteiger partial charge in [-0.1, -0.05) is 0 Å². The molecule has 1 saturated carbocycles. The second kappa shape index (κ2) is 6.06. The van der Waals surface area contributed by atoms with E-state index < -0.39 is 29.5 Å². The molecule has 20 heavy (non-hydrogen) atoms. The first-order valence-corrected chi connectivity index (χ1v) is 6.91. The third kappa shape index (κ3) is 5.43. The summed E-state index contributed by atoms with van der Waals surface area (Å²) in [6.45, 7) is 6.75. The van der Waals surface area contributed by atoms with Crippen LogP contribution < -0.4 is 5.32 Å². The van der Waals surface area contributed by atoms with E-state index in [4.69, 9.17) is 4.74 Å². The van der Waals surface area contributed by atoms with Gasteiger partial charge >= 0.3 is 5.97 Å². The molecule has 0 radical (unpaired) electrons. The van der Waals surface area contributed by atoms with Gasteiger partial charge in [-0.05, 0) is 40.5 Å². The molecule has 1 aliphatic rings. The molecule has 1 amide bonds. The highest BCUT2D eigenvalue weighted by molar-refractivity contribution is 5.85. The Kier molecular flexibility index (Phi) is 5.10. The number of nitrogens with one attached hydrogen (secondary N) is 1. The standard InChI is InChI=1S/C14H23F2NO3/c1-9(12(19)20-13(2,3)4)17-11(18)10-5-7-14(15,16)8-6-10/h9-10H,5-8H2,1-4H3,(H,17,18)/t9-/m0/s1. The third-order valence-electron chi connectivity index (χ3n) is 3.21. The smallest absolute Gasteiger partial charge is 0.328 e. The van der Waals surface area contributed by atoms with Gasteiger partial charge in [-0.2, -0.15) is 0 Å². The minimum absolute atomic E-state index is 0.153. The van der Waals surface area contributed by atoms with Gasteiger partial charge in [0, 0.05) is 18.8 Å². The van der Waals surface area contributed by atoms with Crippen LogP contribution in [0.2, 0.25) is 0 Å². The van der Waals surface area contributed by atoms with Crippen LogP contribution >= 0.6 is 0 Å². The second-order valence-electron chi connectivity index (χ2n) is 6.39. The van der Waals surface area contributed by atoms with Crippen molar-refractivity contribution in [2.45, 2.75) is 70.9 Å². The molecule has 0 heterocycles. The van der Waals surface area contributed by atoms with Gasteiger partial charge in [0.2, 0.25) is 11.8 Å². The van der Waals surface area contributed by atoms with E-state index in [0.29, 0.717) is 0 Å². The van der Waals surface area contributed by atoms with E-state index in [1.165, 1.54) is 6.92 Å². The van der Waals surface area contributed by atoms with Gasteiger partial charge in [0.25, 0.3) is 0 Å². The van der Waals surface area contributed by atoms with E-state index in [-0.39, 0.29) is 31.6 Å². The quantitative estimate of drug-likeness (QED) is 0.813. The first kappa shape index (κ1) is 16.9. The summed E-state index contributed by atoms with van der Waals surface area (Å²) in [6, 6.07) is -0.774. The Labute approximate surface area is 118 Å². The highest BCUT2D eigenvalue weighted by Crippen LogP contribution is 2.36. The summed E-state index contributed by atoms with van der Waals surface area (Å²) in [7, 11) is 0. The Hall–Kier alpha value is -1.20. The fraction of sp³-hybridized carbons (Fsp3) is 0.857. The number of esters is 1. The lowest BCUT2D eigenvalue weighted by molar-refractivity contribution is -0.158. The van der Waals surface area contributed by atoms with Crippen molar-refractivity contribution >= 4 is 11.9 Å². The number of hydrogen-bond donors (Lipinski definition) is 1. The first-order chi connectivity index (χ1) is 9.00. The molecule has 1 aliphatic carbocycles. The van der Waals surface area contributed by atoms with Gasteiger partial charge < -0.3 is 10.1 Å². The summed E-state index contributed by atoms with van der Waals surface area (Å²) in [5.41, 5.74) is -0.622. The van der Waals surface area contributed by atoms with Crippen LogP contribution in [0.25, 0.3) is 0 Å². The van der Waals surface area contributed by atoms with Crippen molar-refractivity contribution in [3.05, 3.63) is 0 Å². The zero-order valence-corrected chi connectivity index (χ0v) is 12.5. The highest BCUT2D eigenvalue weighted by atomic mass is 19.3. The lowest BCUT2D eigenvalue weighted by atomic mass is 9.86. The topological polar surface area (TPSA) is 55.4 Å². The average Bonchev–Trinajstić information content (AvgIpc) is 2.26. The van der Waals surface area contributed by atoms with Crippen molar-refractivity contribution in [1.29, 1.82) is 0 Å². The van der Waals surface area contributed by atoms with Gasteiger partial charge in [-0.3, -0.25) is 4.79 Å². The maximum Gasteiger partial charge on any atom is 0.328 e. The summed E-state index contributed by atoms with van der Waals surface area (Å²) < 4.78 is 31.2. The molecule has 1 fully saturated rings. The maximum absolute atomic E-state index is 13.0. The van der Waals surface area contributed by atoms with Crippen LogP contribution in [0, 0.1) is 5.92 Å². The number of halogens is 2. The fourth-order valence-corrected chi connectivity index (χ4v) is 2.08. The zero-order valence-electron chi connectivity index (χ0n) is 12.5. The Morgan fingerprint density at radius 3 is 2.20 bits per heavy atom. The van der Waals surface area contributed by atoms with Crippen LogP contribution in [0.1, 0.15) is 53.4 Å². The van der Waals surface area contributed by atoms with Crippen LogP contribution in [0.15, 0.2) is 0 Å². The van der Waals surface area contributed by atoms with Crippen LogP contribution in [0.5, 0.6) is 0 Å². The Morgan fingerprint density at radius 1 is 1.25 bits per heavy atom. The molecule has 0 unspecified atom stereocenters. The molecule has 0 saturated heterocycles. The third-order valence-corrected chi connectivity index (χ3v) is 3.21. The van der Waals surface area contributed by atoms with E-state index in [9.17, 15) is 18.4 Å². The Bertz CT molecular complexity index is 367. The Morgan fingerprint density at radius 2 is 1.75 bits per heavy atom. The SMILES string of the molecule is C[C@H](NC(=O)C1CCC(F)(F)CC1)C(=O)OC(C)(C)C. The van der Waals surface area contributed by atoms with Gasteiger partial charge in [-0.15, -0.1) is 0 Å². The van der Waals surface area contributed by atoms with Gasteiger partial charge in [0.05, 0.1) is 0 Å². The number of carbonyl (C=O) groups excluding carboxylic acids is 2. The van der Waals surface area contributed by atoms with E-state index in [1.54, 1.807) is 20.8 Å². The van der Waals surface area contributed by atoms with Gasteiger partial charge in [-0.25, -0.2) is 13.6 Å². The van der Waals surface area contributed by atoms with Crippen LogP contribution in [0.3, 0.4) is 0 Å². The van der Waals surface area contributed by atoms with Crippen LogP contribution in [-0.4, -0.2) is 29.4 Å². The van der Waals surface area contributed by atoms with Crippen molar-refractivity contribution in [2.75, 3.05) is 0 Å². The van der Waals surface area contributed by atoms with Gasteiger partial charge in [0.1, 0.15) is 11.6 Å². The normalized spacial score (nSPS) is 21.1. The van der Waals surface area contributed by atoms with E-state index in [0.717, 1.165) is 0 Å². The van der Waals surface area contributed by atoms with Crippen molar-refractivity contribution in [3.63, 3.8) is 0 Å². The predicted molar refractivity (Wildman–Crippen MR) is 70.4 cm³/mol. The molecule has 116 valence electrons. The number of rotatable bonds is 3. The molecule has 6 heteroatoms. The maximum atomic E-state index is 13.0. The molecule has 0 aromatic rings. The lowest BCUT2D eigenvalue weighted by Gasteiger charge is -2.28. The average molecular weight is 291 g/mol. The second-order valence-corrected chi connectivity index (χ2v) is 6.39. The van der Waals surface area contributed by atoms with Crippen molar-refractivity contribution in [1.82, 2.24) is 5.32 Å². The molecule has 0 aromatic heterocycles. The number of hydrogen-bond acceptors (Lipinski definition) is 3. The molecule has 0 bridgehead atoms. The molecule has 1 rings (SSSR count). The molecule has 0 aromatic carbocycles. The molecule has 0 spiro atoms.